The minimum atomic E-state index is -0.452. The number of carbonyl (C=O) groups is 1. The summed E-state index contributed by atoms with van der Waals surface area (Å²) in [5.41, 5.74) is 2.26. The molecule has 0 saturated carbocycles. The normalized spacial score (nSPS) is 11.6. The molecule has 34 heavy (non-hydrogen) atoms. The van der Waals surface area contributed by atoms with Crippen molar-refractivity contribution >= 4 is 35.0 Å². The molecule has 3 aromatic carbocycles. The predicted molar refractivity (Wildman–Crippen MR) is 135 cm³/mol. The van der Waals surface area contributed by atoms with Crippen LogP contribution in [0.2, 0.25) is 5.02 Å². The Hall–Kier alpha value is -3.49. The molecule has 0 fully saturated rings. The molecule has 0 spiro atoms. The van der Waals surface area contributed by atoms with Gasteiger partial charge in [-0.05, 0) is 55.5 Å². The molecule has 0 bridgehead atoms. The van der Waals surface area contributed by atoms with Crippen molar-refractivity contribution in [3.63, 3.8) is 0 Å². The summed E-state index contributed by atoms with van der Waals surface area (Å²) in [4.78, 5) is 12.9. The van der Waals surface area contributed by atoms with E-state index < -0.39 is 5.25 Å². The number of rotatable bonds is 8. The zero-order valence-corrected chi connectivity index (χ0v) is 20.4. The number of anilines is 1. The number of halogens is 1. The summed E-state index contributed by atoms with van der Waals surface area (Å²) < 4.78 is 12.7. The van der Waals surface area contributed by atoms with E-state index >= 15 is 0 Å². The van der Waals surface area contributed by atoms with E-state index in [1.807, 2.05) is 66.1 Å². The van der Waals surface area contributed by atoms with E-state index in [2.05, 4.69) is 15.5 Å². The standard InChI is InChI=1S/C25H23ClN4O3S/c1-16(24(31)27-18-7-6-8-20(15-18)32-2)34-25-29-28-23(21-9-4-5-10-22(21)33-3)30(25)19-13-11-17(26)12-14-19/h4-16H,1-3H3,(H,27,31). The molecule has 1 amide bonds. The first-order valence-electron chi connectivity index (χ1n) is 10.5. The minimum Gasteiger partial charge on any atom is -0.497 e. The van der Waals surface area contributed by atoms with Crippen molar-refractivity contribution in [2.45, 2.75) is 17.3 Å². The van der Waals surface area contributed by atoms with Crippen LogP contribution < -0.4 is 14.8 Å². The van der Waals surface area contributed by atoms with E-state index in [0.29, 0.717) is 33.2 Å². The number of hydrogen-bond acceptors (Lipinski definition) is 6. The number of nitrogens with zero attached hydrogens (tertiary/aromatic N) is 3. The second-order valence-electron chi connectivity index (χ2n) is 7.30. The highest BCUT2D eigenvalue weighted by molar-refractivity contribution is 8.00. The molecule has 0 saturated heterocycles. The molecule has 1 N–H and O–H groups in total. The van der Waals surface area contributed by atoms with Crippen LogP contribution in [-0.4, -0.2) is 40.1 Å². The highest BCUT2D eigenvalue weighted by Gasteiger charge is 2.23. The minimum absolute atomic E-state index is 0.164. The van der Waals surface area contributed by atoms with Gasteiger partial charge in [-0.1, -0.05) is 41.6 Å². The molecule has 0 aliphatic heterocycles. The number of carbonyl (C=O) groups excluding carboxylic acids is 1. The van der Waals surface area contributed by atoms with E-state index in [1.165, 1.54) is 11.8 Å². The van der Waals surface area contributed by atoms with Gasteiger partial charge in [0.05, 0.1) is 25.0 Å². The lowest BCUT2D eigenvalue weighted by Gasteiger charge is -2.15. The third kappa shape index (κ3) is 5.18. The molecule has 0 aliphatic rings. The third-order valence-corrected chi connectivity index (χ3v) is 6.35. The van der Waals surface area contributed by atoms with Crippen molar-refractivity contribution < 1.29 is 14.3 Å². The second-order valence-corrected chi connectivity index (χ2v) is 9.04. The fourth-order valence-corrected chi connectivity index (χ4v) is 4.32. The van der Waals surface area contributed by atoms with Crippen LogP contribution in [0.1, 0.15) is 6.92 Å². The van der Waals surface area contributed by atoms with Crippen LogP contribution >= 0.6 is 23.4 Å². The van der Waals surface area contributed by atoms with Crippen LogP contribution in [0.5, 0.6) is 11.5 Å². The predicted octanol–water partition coefficient (Wildman–Crippen LogP) is 5.72. The quantitative estimate of drug-likeness (QED) is 0.315. The summed E-state index contributed by atoms with van der Waals surface area (Å²) in [6.45, 7) is 1.82. The summed E-state index contributed by atoms with van der Waals surface area (Å²) in [5, 5.41) is 12.5. The zero-order valence-electron chi connectivity index (χ0n) is 18.9. The van der Waals surface area contributed by atoms with Gasteiger partial charge in [0.15, 0.2) is 11.0 Å². The first-order chi connectivity index (χ1) is 16.5. The van der Waals surface area contributed by atoms with Gasteiger partial charge in [-0.2, -0.15) is 0 Å². The van der Waals surface area contributed by atoms with Crippen molar-refractivity contribution in [3.8, 4) is 28.6 Å². The number of ether oxygens (including phenoxy) is 2. The van der Waals surface area contributed by atoms with Crippen LogP contribution in [0.15, 0.2) is 78.0 Å². The smallest absolute Gasteiger partial charge is 0.237 e. The summed E-state index contributed by atoms with van der Waals surface area (Å²) in [5.74, 6) is 1.78. The molecular weight excluding hydrogens is 472 g/mol. The topological polar surface area (TPSA) is 78.3 Å². The van der Waals surface area contributed by atoms with E-state index in [9.17, 15) is 4.79 Å². The van der Waals surface area contributed by atoms with Crippen molar-refractivity contribution in [2.24, 2.45) is 0 Å². The van der Waals surface area contributed by atoms with Crippen molar-refractivity contribution in [1.82, 2.24) is 14.8 Å². The summed E-state index contributed by atoms with van der Waals surface area (Å²) in [7, 11) is 3.20. The number of methoxy groups -OCH3 is 2. The molecule has 7 nitrogen and oxygen atoms in total. The Morgan fingerprint density at radius 3 is 2.50 bits per heavy atom. The Bertz CT molecular complexity index is 1290. The molecule has 1 aromatic heterocycles. The van der Waals surface area contributed by atoms with Crippen LogP contribution in [-0.2, 0) is 4.79 Å². The summed E-state index contributed by atoms with van der Waals surface area (Å²) in [6, 6.07) is 22.2. The lowest BCUT2D eigenvalue weighted by atomic mass is 10.2. The summed E-state index contributed by atoms with van der Waals surface area (Å²) >= 11 is 7.42. The SMILES string of the molecule is COc1cccc(NC(=O)C(C)Sc2nnc(-c3ccccc3OC)n2-c2ccc(Cl)cc2)c1. The van der Waals surface area contributed by atoms with Crippen LogP contribution in [0.25, 0.3) is 17.1 Å². The number of thioether (sulfide) groups is 1. The van der Waals surface area contributed by atoms with Gasteiger partial charge in [0.1, 0.15) is 11.5 Å². The van der Waals surface area contributed by atoms with E-state index in [4.69, 9.17) is 21.1 Å². The Labute approximate surface area is 207 Å². The Kier molecular flexibility index (Phi) is 7.40. The first-order valence-corrected chi connectivity index (χ1v) is 11.7. The molecule has 0 aliphatic carbocycles. The molecule has 4 aromatic rings. The van der Waals surface area contributed by atoms with Crippen molar-refractivity contribution in [1.29, 1.82) is 0 Å². The van der Waals surface area contributed by atoms with Gasteiger partial charge >= 0.3 is 0 Å². The van der Waals surface area contributed by atoms with Gasteiger partial charge in [0.2, 0.25) is 5.91 Å². The van der Waals surface area contributed by atoms with Crippen molar-refractivity contribution in [3.05, 3.63) is 77.8 Å². The number of para-hydroxylation sites is 1. The van der Waals surface area contributed by atoms with Crippen LogP contribution in [0.4, 0.5) is 5.69 Å². The number of amides is 1. The van der Waals surface area contributed by atoms with Gasteiger partial charge in [0.25, 0.3) is 0 Å². The van der Waals surface area contributed by atoms with Gasteiger partial charge in [-0.15, -0.1) is 10.2 Å². The Balaban J connectivity index is 1.66. The average molecular weight is 495 g/mol. The maximum absolute atomic E-state index is 12.9. The lowest BCUT2D eigenvalue weighted by molar-refractivity contribution is -0.115. The van der Waals surface area contributed by atoms with Crippen LogP contribution in [0, 0.1) is 0 Å². The fraction of sp³-hybridized carbons (Fsp3) is 0.160. The first kappa shape index (κ1) is 23.7. The number of aromatic nitrogens is 3. The average Bonchev–Trinajstić information content (AvgIpc) is 3.27. The van der Waals surface area contributed by atoms with Crippen molar-refractivity contribution in [2.75, 3.05) is 19.5 Å². The summed E-state index contributed by atoms with van der Waals surface area (Å²) in [6.07, 6.45) is 0. The number of hydrogen-bond donors (Lipinski definition) is 1. The van der Waals surface area contributed by atoms with E-state index in [0.717, 1.165) is 11.3 Å². The molecular formula is C25H23ClN4O3S. The van der Waals surface area contributed by atoms with E-state index in [1.54, 1.807) is 32.4 Å². The molecule has 0 radical (unpaired) electrons. The highest BCUT2D eigenvalue weighted by Crippen LogP contribution is 2.34. The van der Waals surface area contributed by atoms with Gasteiger partial charge < -0.3 is 14.8 Å². The lowest BCUT2D eigenvalue weighted by Crippen LogP contribution is -2.22. The maximum atomic E-state index is 12.9. The van der Waals surface area contributed by atoms with Gasteiger partial charge in [0, 0.05) is 22.5 Å². The zero-order chi connectivity index (χ0) is 24.1. The Morgan fingerprint density at radius 2 is 1.76 bits per heavy atom. The monoisotopic (exact) mass is 494 g/mol. The second kappa shape index (κ2) is 10.6. The number of nitrogens with one attached hydrogen (secondary N) is 1. The largest absolute Gasteiger partial charge is 0.497 e. The molecule has 1 atom stereocenters. The van der Waals surface area contributed by atoms with Gasteiger partial charge in [-0.25, -0.2) is 0 Å². The molecule has 174 valence electrons. The molecule has 1 heterocycles. The third-order valence-electron chi connectivity index (χ3n) is 5.05. The number of benzene rings is 3. The Morgan fingerprint density at radius 1 is 1.00 bits per heavy atom. The van der Waals surface area contributed by atoms with Gasteiger partial charge in [-0.3, -0.25) is 9.36 Å². The van der Waals surface area contributed by atoms with E-state index in [-0.39, 0.29) is 5.91 Å². The molecule has 4 rings (SSSR count). The molecule has 1 unspecified atom stereocenters. The maximum Gasteiger partial charge on any atom is 0.237 e. The molecule has 9 heteroatoms. The van der Waals surface area contributed by atoms with Crippen LogP contribution in [0.3, 0.4) is 0 Å². The highest BCUT2D eigenvalue weighted by atomic mass is 35.5. The fourth-order valence-electron chi connectivity index (χ4n) is 3.33.